The lowest BCUT2D eigenvalue weighted by molar-refractivity contribution is -0.136. The molecule has 7 heteroatoms. The molecule has 1 N–H and O–H groups in total. The molecule has 1 unspecified atom stereocenters. The Balaban J connectivity index is 1.64. The van der Waals surface area contributed by atoms with Crippen molar-refractivity contribution in [1.82, 2.24) is 9.80 Å². The van der Waals surface area contributed by atoms with Gasteiger partial charge >= 0.3 is 5.97 Å². The number of hydrogen-bond donors (Lipinski definition) is 1. The standard InChI is InChI=1S/C22H32N2O4S/c1-2-21(29(27,28)20-10-6-9-19(15-20)16-22(25)26)24-13-11-23(12-14-24)17-18-7-4-3-5-8-18/h2,6,9-10,15,18,21H,1,3-5,7-8,11-14,16-17H2,(H,25,26). The maximum atomic E-state index is 13.2. The van der Waals surface area contributed by atoms with Gasteiger partial charge in [0.15, 0.2) is 9.84 Å². The average molecular weight is 421 g/mol. The zero-order valence-corrected chi connectivity index (χ0v) is 17.8. The molecule has 1 saturated heterocycles. The zero-order valence-electron chi connectivity index (χ0n) is 17.0. The lowest BCUT2D eigenvalue weighted by Crippen LogP contribution is -2.52. The lowest BCUT2D eigenvalue weighted by Gasteiger charge is -2.39. The molecule has 3 rings (SSSR count). The smallest absolute Gasteiger partial charge is 0.307 e. The van der Waals surface area contributed by atoms with Crippen molar-refractivity contribution in [2.45, 2.75) is 48.8 Å². The maximum Gasteiger partial charge on any atom is 0.307 e. The van der Waals surface area contributed by atoms with Gasteiger partial charge in [-0.05, 0) is 36.5 Å². The van der Waals surface area contributed by atoms with E-state index in [2.05, 4.69) is 11.5 Å². The van der Waals surface area contributed by atoms with E-state index in [1.165, 1.54) is 50.3 Å². The van der Waals surface area contributed by atoms with Gasteiger partial charge in [-0.2, -0.15) is 0 Å². The third-order valence-corrected chi connectivity index (χ3v) is 8.15. The van der Waals surface area contributed by atoms with Crippen molar-refractivity contribution in [3.63, 3.8) is 0 Å². The summed E-state index contributed by atoms with van der Waals surface area (Å²) in [4.78, 5) is 15.6. The summed E-state index contributed by atoms with van der Waals surface area (Å²) >= 11 is 0. The average Bonchev–Trinajstić information content (AvgIpc) is 2.70. The Labute approximate surface area is 174 Å². The molecule has 29 heavy (non-hydrogen) atoms. The Morgan fingerprint density at radius 2 is 1.86 bits per heavy atom. The number of carboxylic acid groups (broad SMARTS) is 1. The van der Waals surface area contributed by atoms with Crippen LogP contribution in [0.5, 0.6) is 0 Å². The molecule has 0 spiro atoms. The van der Waals surface area contributed by atoms with E-state index in [0.29, 0.717) is 18.7 Å². The van der Waals surface area contributed by atoms with Crippen LogP contribution in [0.25, 0.3) is 0 Å². The Bertz CT molecular complexity index is 810. The van der Waals surface area contributed by atoms with E-state index in [1.807, 2.05) is 4.90 Å². The van der Waals surface area contributed by atoms with Crippen molar-refractivity contribution in [1.29, 1.82) is 0 Å². The van der Waals surface area contributed by atoms with Crippen molar-refractivity contribution in [2.75, 3.05) is 32.7 Å². The molecule has 0 amide bonds. The third kappa shape index (κ3) is 5.68. The summed E-state index contributed by atoms with van der Waals surface area (Å²) in [5.41, 5.74) is 0.485. The second-order valence-corrected chi connectivity index (χ2v) is 10.3. The monoisotopic (exact) mass is 420 g/mol. The van der Waals surface area contributed by atoms with E-state index < -0.39 is 21.2 Å². The van der Waals surface area contributed by atoms with Gasteiger partial charge in [0.05, 0.1) is 11.3 Å². The van der Waals surface area contributed by atoms with Gasteiger partial charge in [0.25, 0.3) is 0 Å². The number of nitrogens with zero attached hydrogens (tertiary/aromatic N) is 2. The fourth-order valence-electron chi connectivity index (χ4n) is 4.55. The van der Waals surface area contributed by atoms with Crippen LogP contribution in [0, 0.1) is 5.92 Å². The number of hydrogen-bond acceptors (Lipinski definition) is 5. The molecule has 1 aliphatic heterocycles. The number of rotatable bonds is 8. The summed E-state index contributed by atoms with van der Waals surface area (Å²) in [5.74, 6) is -0.194. The van der Waals surface area contributed by atoms with Crippen molar-refractivity contribution in [3.8, 4) is 0 Å². The summed E-state index contributed by atoms with van der Waals surface area (Å²) in [6, 6.07) is 6.25. The Morgan fingerprint density at radius 1 is 1.17 bits per heavy atom. The highest BCUT2D eigenvalue weighted by Crippen LogP contribution is 2.26. The summed E-state index contributed by atoms with van der Waals surface area (Å²) < 4.78 is 26.5. The Morgan fingerprint density at radius 3 is 2.48 bits per heavy atom. The topological polar surface area (TPSA) is 77.9 Å². The third-order valence-electron chi connectivity index (χ3n) is 6.11. The molecule has 0 radical (unpaired) electrons. The molecule has 1 heterocycles. The first-order chi connectivity index (χ1) is 13.9. The van der Waals surface area contributed by atoms with E-state index in [1.54, 1.807) is 12.1 Å². The van der Waals surface area contributed by atoms with Crippen LogP contribution in [0.15, 0.2) is 41.8 Å². The van der Waals surface area contributed by atoms with Crippen LogP contribution in [0.4, 0.5) is 0 Å². The van der Waals surface area contributed by atoms with E-state index in [0.717, 1.165) is 25.6 Å². The first-order valence-electron chi connectivity index (χ1n) is 10.5. The normalized spacial score (nSPS) is 21.0. The number of carboxylic acids is 1. The minimum Gasteiger partial charge on any atom is -0.481 e. The minimum atomic E-state index is -3.66. The predicted molar refractivity (Wildman–Crippen MR) is 114 cm³/mol. The molecule has 1 aromatic carbocycles. The first kappa shape index (κ1) is 22.0. The number of benzene rings is 1. The molecule has 1 saturated carbocycles. The maximum absolute atomic E-state index is 13.2. The quantitative estimate of drug-likeness (QED) is 0.652. The van der Waals surface area contributed by atoms with Crippen LogP contribution in [0.3, 0.4) is 0 Å². The van der Waals surface area contributed by atoms with E-state index >= 15 is 0 Å². The number of aliphatic carboxylic acids is 1. The van der Waals surface area contributed by atoms with Gasteiger partial charge in [-0.3, -0.25) is 9.69 Å². The van der Waals surface area contributed by atoms with Gasteiger partial charge in [-0.1, -0.05) is 37.5 Å². The summed E-state index contributed by atoms with van der Waals surface area (Å²) in [7, 11) is -3.66. The van der Waals surface area contributed by atoms with Crippen LogP contribution in [0.1, 0.15) is 37.7 Å². The molecule has 0 aromatic heterocycles. The zero-order chi connectivity index (χ0) is 20.9. The van der Waals surface area contributed by atoms with Crippen LogP contribution < -0.4 is 0 Å². The highest BCUT2D eigenvalue weighted by molar-refractivity contribution is 7.92. The first-order valence-corrected chi connectivity index (χ1v) is 12.1. The van der Waals surface area contributed by atoms with Gasteiger partial charge < -0.3 is 10.0 Å². The van der Waals surface area contributed by atoms with Gasteiger partial charge in [-0.15, -0.1) is 6.58 Å². The van der Waals surface area contributed by atoms with E-state index in [-0.39, 0.29) is 11.3 Å². The van der Waals surface area contributed by atoms with Crippen molar-refractivity contribution in [2.24, 2.45) is 5.92 Å². The molecular weight excluding hydrogens is 388 g/mol. The highest BCUT2D eigenvalue weighted by Gasteiger charge is 2.33. The van der Waals surface area contributed by atoms with Crippen molar-refractivity contribution >= 4 is 15.8 Å². The fourth-order valence-corrected chi connectivity index (χ4v) is 6.27. The highest BCUT2D eigenvalue weighted by atomic mass is 32.2. The van der Waals surface area contributed by atoms with Crippen LogP contribution in [0.2, 0.25) is 0 Å². The summed E-state index contributed by atoms with van der Waals surface area (Å²) in [5, 5.41) is 8.19. The second-order valence-electron chi connectivity index (χ2n) is 8.23. The van der Waals surface area contributed by atoms with Gasteiger partial charge in [0, 0.05) is 32.7 Å². The second kappa shape index (κ2) is 9.87. The van der Waals surface area contributed by atoms with Gasteiger partial charge in [-0.25, -0.2) is 8.42 Å². The molecule has 6 nitrogen and oxygen atoms in total. The van der Waals surface area contributed by atoms with Crippen molar-refractivity contribution in [3.05, 3.63) is 42.5 Å². The van der Waals surface area contributed by atoms with Crippen LogP contribution in [-0.2, 0) is 21.1 Å². The van der Waals surface area contributed by atoms with Gasteiger partial charge in [0.2, 0.25) is 0 Å². The summed E-state index contributed by atoms with van der Waals surface area (Å²) in [6.45, 7) is 8.03. The molecule has 1 atom stereocenters. The Kier molecular flexibility index (Phi) is 7.49. The largest absolute Gasteiger partial charge is 0.481 e. The molecule has 2 aliphatic rings. The van der Waals surface area contributed by atoms with Crippen LogP contribution in [-0.4, -0.2) is 67.4 Å². The fraction of sp³-hybridized carbons (Fsp3) is 0.591. The molecular formula is C22H32N2O4S. The SMILES string of the molecule is C=CC(N1CCN(CC2CCCCC2)CC1)S(=O)(=O)c1cccc(CC(=O)O)c1. The molecule has 0 bridgehead atoms. The lowest BCUT2D eigenvalue weighted by atomic mass is 9.89. The molecule has 2 fully saturated rings. The Hall–Kier alpha value is -1.70. The predicted octanol–water partition coefficient (Wildman–Crippen LogP) is 2.80. The molecule has 160 valence electrons. The van der Waals surface area contributed by atoms with E-state index in [9.17, 15) is 13.2 Å². The number of piperazine rings is 1. The summed E-state index contributed by atoms with van der Waals surface area (Å²) in [6.07, 6.45) is 7.96. The minimum absolute atomic E-state index is 0.158. The van der Waals surface area contributed by atoms with Crippen LogP contribution >= 0.6 is 0 Å². The van der Waals surface area contributed by atoms with E-state index in [4.69, 9.17) is 5.11 Å². The molecule has 1 aliphatic carbocycles. The number of carbonyl (C=O) groups is 1. The molecule has 1 aromatic rings. The number of sulfone groups is 1. The van der Waals surface area contributed by atoms with Crippen molar-refractivity contribution < 1.29 is 18.3 Å². The van der Waals surface area contributed by atoms with Gasteiger partial charge in [0.1, 0.15) is 5.37 Å².